The highest BCUT2D eigenvalue weighted by molar-refractivity contribution is 7.98. The second-order valence-electron chi connectivity index (χ2n) is 5.14. The highest BCUT2D eigenvalue weighted by Crippen LogP contribution is 2.12. The number of thioether (sulfide) groups is 1. The van der Waals surface area contributed by atoms with Crippen LogP contribution in [0, 0.1) is 6.92 Å². The average molecular weight is 331 g/mol. The topological polar surface area (TPSA) is 24.1 Å². The van der Waals surface area contributed by atoms with E-state index in [1.165, 1.54) is 11.1 Å². The molecule has 0 aliphatic carbocycles. The van der Waals surface area contributed by atoms with Crippen molar-refractivity contribution in [2.75, 3.05) is 17.6 Å². The Balaban J connectivity index is 1.56. The van der Waals surface area contributed by atoms with E-state index in [1.807, 2.05) is 23.9 Å². The van der Waals surface area contributed by atoms with Gasteiger partial charge in [-0.15, -0.1) is 0 Å². The molecule has 2 N–H and O–H groups in total. The van der Waals surface area contributed by atoms with E-state index < -0.39 is 0 Å². The van der Waals surface area contributed by atoms with Gasteiger partial charge < -0.3 is 10.6 Å². The van der Waals surface area contributed by atoms with Gasteiger partial charge in [0.25, 0.3) is 0 Å². The molecule has 2 rings (SSSR count). The van der Waals surface area contributed by atoms with Gasteiger partial charge in [-0.05, 0) is 54.6 Å². The molecule has 2 nitrogen and oxygen atoms in total. The first kappa shape index (κ1) is 16.8. The fourth-order valence-electron chi connectivity index (χ4n) is 2.04. The fraction of sp³-hybridized carbons (Fsp3) is 0.278. The molecule has 0 amide bonds. The van der Waals surface area contributed by atoms with Gasteiger partial charge in [0, 0.05) is 18.0 Å². The van der Waals surface area contributed by atoms with Crippen molar-refractivity contribution in [2.24, 2.45) is 0 Å². The Hall–Kier alpha value is -1.52. The number of hydrogen-bond donors (Lipinski definition) is 2. The SMILES string of the molecule is Cc1cccc(NC(=S)NCCCSCc2ccccc2)c1. The maximum absolute atomic E-state index is 5.30. The Bertz CT molecular complexity index is 585. The molecular weight excluding hydrogens is 308 g/mol. The summed E-state index contributed by atoms with van der Waals surface area (Å²) < 4.78 is 0. The highest BCUT2D eigenvalue weighted by atomic mass is 32.2. The van der Waals surface area contributed by atoms with Gasteiger partial charge in [-0.1, -0.05) is 42.5 Å². The standard InChI is InChI=1S/C18H22N2S2/c1-15-7-5-10-17(13-15)20-18(21)19-11-6-12-22-14-16-8-3-2-4-9-16/h2-5,7-10,13H,6,11-12,14H2,1H3,(H2,19,20,21). The van der Waals surface area contributed by atoms with Gasteiger partial charge in [-0.25, -0.2) is 0 Å². The summed E-state index contributed by atoms with van der Waals surface area (Å²) in [6.45, 7) is 2.98. The van der Waals surface area contributed by atoms with E-state index >= 15 is 0 Å². The third kappa shape index (κ3) is 6.50. The summed E-state index contributed by atoms with van der Waals surface area (Å²) in [6, 6.07) is 18.8. The lowest BCUT2D eigenvalue weighted by atomic mass is 10.2. The first-order chi connectivity index (χ1) is 10.7. The van der Waals surface area contributed by atoms with Crippen molar-refractivity contribution in [3.05, 3.63) is 65.7 Å². The Labute approximate surface area is 142 Å². The van der Waals surface area contributed by atoms with Crippen LogP contribution in [0.5, 0.6) is 0 Å². The van der Waals surface area contributed by atoms with Gasteiger partial charge in [-0.3, -0.25) is 0 Å². The normalized spacial score (nSPS) is 10.2. The Morgan fingerprint density at radius 3 is 2.68 bits per heavy atom. The molecule has 0 aliphatic rings. The largest absolute Gasteiger partial charge is 0.362 e. The summed E-state index contributed by atoms with van der Waals surface area (Å²) in [4.78, 5) is 0. The van der Waals surface area contributed by atoms with Crippen LogP contribution < -0.4 is 10.6 Å². The van der Waals surface area contributed by atoms with Crippen molar-refractivity contribution in [2.45, 2.75) is 19.1 Å². The number of thiocarbonyl (C=S) groups is 1. The van der Waals surface area contributed by atoms with Crippen LogP contribution in [0.3, 0.4) is 0 Å². The van der Waals surface area contributed by atoms with Crippen molar-refractivity contribution >= 4 is 34.8 Å². The van der Waals surface area contributed by atoms with E-state index in [2.05, 4.69) is 60.0 Å². The number of aryl methyl sites for hydroxylation is 1. The van der Waals surface area contributed by atoms with Gasteiger partial charge in [-0.2, -0.15) is 11.8 Å². The number of anilines is 1. The Morgan fingerprint density at radius 1 is 1.09 bits per heavy atom. The average Bonchev–Trinajstić information content (AvgIpc) is 2.52. The van der Waals surface area contributed by atoms with Crippen molar-refractivity contribution < 1.29 is 0 Å². The van der Waals surface area contributed by atoms with E-state index in [1.54, 1.807) is 0 Å². The minimum atomic E-state index is 0.693. The summed E-state index contributed by atoms with van der Waals surface area (Å²) in [5, 5.41) is 7.16. The molecule has 2 aromatic carbocycles. The fourth-order valence-corrected chi connectivity index (χ4v) is 3.18. The van der Waals surface area contributed by atoms with Gasteiger partial charge in [0.15, 0.2) is 5.11 Å². The van der Waals surface area contributed by atoms with Crippen LogP contribution in [0.1, 0.15) is 17.5 Å². The molecule has 0 aliphatic heterocycles. The summed E-state index contributed by atoms with van der Waals surface area (Å²) >= 11 is 7.27. The van der Waals surface area contributed by atoms with Crippen molar-refractivity contribution in [3.63, 3.8) is 0 Å². The quantitative estimate of drug-likeness (QED) is 0.572. The second kappa shape index (κ2) is 9.49. The van der Waals surface area contributed by atoms with Crippen molar-refractivity contribution in [1.29, 1.82) is 0 Å². The van der Waals surface area contributed by atoms with Crippen LogP contribution in [-0.4, -0.2) is 17.4 Å². The number of nitrogens with one attached hydrogen (secondary N) is 2. The molecule has 0 fully saturated rings. The monoisotopic (exact) mass is 330 g/mol. The first-order valence-corrected chi connectivity index (χ1v) is 9.03. The lowest BCUT2D eigenvalue weighted by molar-refractivity contribution is 0.854. The minimum absolute atomic E-state index is 0.693. The number of hydrogen-bond acceptors (Lipinski definition) is 2. The Kier molecular flexibility index (Phi) is 7.26. The smallest absolute Gasteiger partial charge is 0.170 e. The van der Waals surface area contributed by atoms with Crippen LogP contribution in [0.2, 0.25) is 0 Å². The van der Waals surface area contributed by atoms with Crippen molar-refractivity contribution in [3.8, 4) is 0 Å². The Morgan fingerprint density at radius 2 is 1.91 bits per heavy atom. The molecule has 0 bridgehead atoms. The highest BCUT2D eigenvalue weighted by Gasteiger charge is 1.98. The lowest BCUT2D eigenvalue weighted by Gasteiger charge is -2.10. The van der Waals surface area contributed by atoms with E-state index in [0.29, 0.717) is 5.11 Å². The van der Waals surface area contributed by atoms with E-state index in [9.17, 15) is 0 Å². The van der Waals surface area contributed by atoms with Crippen LogP contribution >= 0.6 is 24.0 Å². The van der Waals surface area contributed by atoms with Crippen LogP contribution in [0.15, 0.2) is 54.6 Å². The van der Waals surface area contributed by atoms with Crippen LogP contribution in [-0.2, 0) is 5.75 Å². The molecule has 0 saturated carbocycles. The first-order valence-electron chi connectivity index (χ1n) is 7.47. The van der Waals surface area contributed by atoms with Gasteiger partial charge in [0.05, 0.1) is 0 Å². The summed E-state index contributed by atoms with van der Waals surface area (Å²) in [5.41, 5.74) is 3.65. The molecular formula is C18H22N2S2. The summed E-state index contributed by atoms with van der Waals surface area (Å²) in [6.07, 6.45) is 1.10. The van der Waals surface area contributed by atoms with Crippen molar-refractivity contribution in [1.82, 2.24) is 5.32 Å². The van der Waals surface area contributed by atoms with Crippen LogP contribution in [0.4, 0.5) is 5.69 Å². The molecule has 116 valence electrons. The molecule has 0 aromatic heterocycles. The summed E-state index contributed by atoms with van der Waals surface area (Å²) in [5.74, 6) is 2.21. The van der Waals surface area contributed by atoms with E-state index in [4.69, 9.17) is 12.2 Å². The summed E-state index contributed by atoms with van der Waals surface area (Å²) in [7, 11) is 0. The van der Waals surface area contributed by atoms with Gasteiger partial charge in [0.2, 0.25) is 0 Å². The molecule has 22 heavy (non-hydrogen) atoms. The van der Waals surface area contributed by atoms with Gasteiger partial charge >= 0.3 is 0 Å². The minimum Gasteiger partial charge on any atom is -0.362 e. The molecule has 0 spiro atoms. The zero-order valence-electron chi connectivity index (χ0n) is 12.8. The number of benzene rings is 2. The molecule has 0 atom stereocenters. The maximum Gasteiger partial charge on any atom is 0.170 e. The van der Waals surface area contributed by atoms with E-state index in [-0.39, 0.29) is 0 Å². The molecule has 4 heteroatoms. The predicted octanol–water partition coefficient (Wildman–Crippen LogP) is 4.60. The zero-order chi connectivity index (χ0) is 15.6. The van der Waals surface area contributed by atoms with Crippen LogP contribution in [0.25, 0.3) is 0 Å². The molecule has 0 unspecified atom stereocenters. The molecule has 0 heterocycles. The molecule has 2 aromatic rings. The van der Waals surface area contributed by atoms with Gasteiger partial charge in [0.1, 0.15) is 0 Å². The zero-order valence-corrected chi connectivity index (χ0v) is 14.5. The maximum atomic E-state index is 5.30. The third-order valence-electron chi connectivity index (χ3n) is 3.14. The predicted molar refractivity (Wildman–Crippen MR) is 103 cm³/mol. The molecule has 0 saturated heterocycles. The second-order valence-corrected chi connectivity index (χ2v) is 6.66. The molecule has 0 radical (unpaired) electrons. The van der Waals surface area contributed by atoms with E-state index in [0.717, 1.165) is 30.2 Å². The third-order valence-corrected chi connectivity index (χ3v) is 4.50. The number of rotatable bonds is 7. The lowest BCUT2D eigenvalue weighted by Crippen LogP contribution is -2.29.